The van der Waals surface area contributed by atoms with E-state index in [0.717, 1.165) is 4.88 Å². The topological polar surface area (TPSA) is 12.5 Å². The van der Waals surface area contributed by atoms with Crippen LogP contribution in [0, 0.1) is 0 Å². The molecule has 0 spiro atoms. The Hall–Kier alpha value is -1.84. The summed E-state index contributed by atoms with van der Waals surface area (Å²) in [5.74, 6) is -0.0786. The van der Waals surface area contributed by atoms with Gasteiger partial charge in [-0.15, -0.1) is 11.3 Å². The van der Waals surface area contributed by atoms with Crippen molar-refractivity contribution in [3.63, 3.8) is 0 Å². The molecule has 3 rings (SSSR count). The predicted molar refractivity (Wildman–Crippen MR) is 94.8 cm³/mol. The molecule has 2 nitrogen and oxygen atoms in total. The summed E-state index contributed by atoms with van der Waals surface area (Å²) < 4.78 is 63.2. The number of nitrogens with zero attached hydrogens (tertiary/aromatic N) is 1. The summed E-state index contributed by atoms with van der Waals surface area (Å²) in [4.78, 5) is 2.92. The van der Waals surface area contributed by atoms with Crippen molar-refractivity contribution in [1.82, 2.24) is 4.90 Å². The van der Waals surface area contributed by atoms with Crippen LogP contribution in [0.3, 0.4) is 0 Å². The smallest absolute Gasteiger partial charge is 0.134 e. The maximum absolute atomic E-state index is 8.35. The average Bonchev–Trinajstić information content (AvgIpc) is 3.21. The molecule has 0 bridgehead atoms. The number of benzene rings is 2. The van der Waals surface area contributed by atoms with Crippen LogP contribution in [0.5, 0.6) is 5.75 Å². The molecule has 0 amide bonds. The van der Waals surface area contributed by atoms with Crippen LogP contribution < -0.4 is 4.74 Å². The van der Waals surface area contributed by atoms with Gasteiger partial charge in [-0.05, 0) is 37.0 Å². The molecule has 3 aromatic rings. The summed E-state index contributed by atoms with van der Waals surface area (Å²) in [5, 5.41) is 1.80. The lowest BCUT2D eigenvalue weighted by molar-refractivity contribution is 0.185. The van der Waals surface area contributed by atoms with E-state index < -0.39 is 36.3 Å². The van der Waals surface area contributed by atoms with Crippen molar-refractivity contribution in [2.45, 2.75) is 12.5 Å². The van der Waals surface area contributed by atoms with Crippen molar-refractivity contribution in [3.8, 4) is 5.75 Å². The molecular weight excluding hydrogens is 290 g/mol. The van der Waals surface area contributed by atoms with E-state index >= 15 is 0 Å². The standard InChI is InChI=1S/C19H21NOS/c1-20(2)13-12-18(19-11-6-14-22-19)21-17-10-5-8-15-7-3-4-9-16(15)17/h3-11,14,18H,12-13H2,1-2H3/t18-/m0/s1/i3D,4D,5D,7D,8D,9D,10D. The van der Waals surface area contributed by atoms with E-state index in [-0.39, 0.29) is 28.6 Å². The lowest BCUT2D eigenvalue weighted by Crippen LogP contribution is -2.18. The van der Waals surface area contributed by atoms with Gasteiger partial charge in [0.1, 0.15) is 11.9 Å². The summed E-state index contributed by atoms with van der Waals surface area (Å²) in [5.41, 5.74) is 0. The fourth-order valence-corrected chi connectivity index (χ4v) is 2.92. The molecule has 1 aromatic heterocycles. The van der Waals surface area contributed by atoms with Crippen molar-refractivity contribution in [1.29, 1.82) is 0 Å². The first-order valence-electron chi connectivity index (χ1n) is 10.5. The quantitative estimate of drug-likeness (QED) is 0.636. The number of ether oxygens (including phenoxy) is 1. The zero-order valence-electron chi connectivity index (χ0n) is 19.5. The van der Waals surface area contributed by atoms with E-state index in [2.05, 4.69) is 0 Å². The van der Waals surface area contributed by atoms with Gasteiger partial charge in [0.25, 0.3) is 0 Å². The molecule has 3 heteroatoms. The summed E-state index contributed by atoms with van der Waals surface area (Å²) >= 11 is 1.49. The third kappa shape index (κ3) is 3.49. The van der Waals surface area contributed by atoms with Crippen molar-refractivity contribution in [2.24, 2.45) is 0 Å². The fourth-order valence-electron chi connectivity index (χ4n) is 2.13. The fraction of sp³-hybridized carbons (Fsp3) is 0.263. The van der Waals surface area contributed by atoms with Gasteiger partial charge >= 0.3 is 0 Å². The highest BCUT2D eigenvalue weighted by Crippen LogP contribution is 2.32. The normalized spacial score (nSPS) is 17.1. The van der Waals surface area contributed by atoms with Crippen LogP contribution in [0.2, 0.25) is 0 Å². The van der Waals surface area contributed by atoms with Crippen molar-refractivity contribution < 1.29 is 14.3 Å². The molecular formula is C19H21NOS. The molecule has 1 atom stereocenters. The molecule has 0 saturated heterocycles. The van der Waals surface area contributed by atoms with Gasteiger partial charge in [-0.25, -0.2) is 0 Å². The molecule has 22 heavy (non-hydrogen) atoms. The molecule has 0 N–H and O–H groups in total. The minimum absolute atomic E-state index is 0.0200. The van der Waals surface area contributed by atoms with Crippen molar-refractivity contribution in [2.75, 3.05) is 20.6 Å². The van der Waals surface area contributed by atoms with Crippen LogP contribution >= 0.6 is 11.3 Å². The van der Waals surface area contributed by atoms with Gasteiger partial charge in [0, 0.05) is 23.2 Å². The van der Waals surface area contributed by atoms with E-state index in [1.807, 2.05) is 36.5 Å². The first-order valence-corrected chi connectivity index (χ1v) is 7.87. The van der Waals surface area contributed by atoms with Gasteiger partial charge in [0.05, 0.1) is 9.60 Å². The Bertz CT molecular complexity index is 1050. The zero-order chi connectivity index (χ0) is 21.5. The van der Waals surface area contributed by atoms with Gasteiger partial charge in [-0.3, -0.25) is 0 Å². The molecule has 0 radical (unpaired) electrons. The number of hydrogen-bond donors (Lipinski definition) is 0. The van der Waals surface area contributed by atoms with Crippen LogP contribution in [0.4, 0.5) is 0 Å². The predicted octanol–water partition coefficient (Wildman–Crippen LogP) is 4.97. The summed E-state index contributed by atoms with van der Waals surface area (Å²) in [6, 6.07) is 0.944. The Morgan fingerprint density at radius 1 is 1.18 bits per heavy atom. The second-order valence-corrected chi connectivity index (χ2v) is 6.15. The first kappa shape index (κ1) is 8.70. The molecule has 0 aliphatic carbocycles. The molecule has 0 aliphatic rings. The van der Waals surface area contributed by atoms with Crippen molar-refractivity contribution in [3.05, 3.63) is 64.7 Å². The van der Waals surface area contributed by atoms with Gasteiger partial charge in [0.15, 0.2) is 0 Å². The molecule has 2 aromatic carbocycles. The number of fused-ring (bicyclic) bond motifs is 1. The third-order valence-corrected chi connectivity index (χ3v) is 4.20. The van der Waals surface area contributed by atoms with Gasteiger partial charge in [0.2, 0.25) is 0 Å². The SMILES string of the molecule is [2H]c1c([2H])c([2H])c2c(O[C@@H](CCN(C)C)c3cccs3)c([2H])c([2H])c([2H])c2c1[2H]. The van der Waals surface area contributed by atoms with Crippen LogP contribution in [-0.2, 0) is 0 Å². The summed E-state index contributed by atoms with van der Waals surface area (Å²) in [7, 11) is 3.87. The Labute approximate surface area is 145 Å². The summed E-state index contributed by atoms with van der Waals surface area (Å²) in [6.07, 6.45) is 0.148. The van der Waals surface area contributed by atoms with Crippen LogP contribution in [0.1, 0.15) is 27.0 Å². The average molecular weight is 318 g/mol. The van der Waals surface area contributed by atoms with E-state index in [1.54, 1.807) is 0 Å². The first-order chi connectivity index (χ1) is 13.6. The highest BCUT2D eigenvalue weighted by Gasteiger charge is 2.16. The Morgan fingerprint density at radius 2 is 2.00 bits per heavy atom. The molecule has 0 aliphatic heterocycles. The van der Waals surface area contributed by atoms with E-state index in [1.165, 1.54) is 11.3 Å². The molecule has 0 fully saturated rings. The van der Waals surface area contributed by atoms with E-state index in [9.17, 15) is 0 Å². The molecule has 0 unspecified atom stereocenters. The monoisotopic (exact) mass is 318 g/mol. The molecule has 0 saturated carbocycles. The maximum Gasteiger partial charge on any atom is 0.134 e. The van der Waals surface area contributed by atoms with Crippen LogP contribution in [-0.4, -0.2) is 25.5 Å². The van der Waals surface area contributed by atoms with Crippen molar-refractivity contribution >= 4 is 22.1 Å². The van der Waals surface area contributed by atoms with E-state index in [0.29, 0.717) is 13.0 Å². The number of rotatable bonds is 6. The second kappa shape index (κ2) is 6.95. The minimum atomic E-state index is -0.471. The lowest BCUT2D eigenvalue weighted by Gasteiger charge is -2.21. The lowest BCUT2D eigenvalue weighted by atomic mass is 10.1. The maximum atomic E-state index is 8.35. The van der Waals surface area contributed by atoms with Gasteiger partial charge in [-0.2, -0.15) is 0 Å². The van der Waals surface area contributed by atoms with E-state index in [4.69, 9.17) is 14.3 Å². The third-order valence-electron chi connectivity index (χ3n) is 3.24. The van der Waals surface area contributed by atoms with Gasteiger partial charge < -0.3 is 9.64 Å². The largest absolute Gasteiger partial charge is 0.484 e. The Morgan fingerprint density at radius 3 is 2.77 bits per heavy atom. The highest BCUT2D eigenvalue weighted by molar-refractivity contribution is 7.10. The Kier molecular flexibility index (Phi) is 2.75. The second-order valence-electron chi connectivity index (χ2n) is 5.17. The zero-order valence-corrected chi connectivity index (χ0v) is 13.3. The highest BCUT2D eigenvalue weighted by atomic mass is 32.1. The van der Waals surface area contributed by atoms with Crippen LogP contribution in [0.25, 0.3) is 10.8 Å². The number of hydrogen-bond acceptors (Lipinski definition) is 3. The molecule has 114 valence electrons. The van der Waals surface area contributed by atoms with Gasteiger partial charge in [-0.1, -0.05) is 42.3 Å². The Balaban J connectivity index is 2.25. The number of thiophene rings is 1. The summed E-state index contributed by atoms with van der Waals surface area (Å²) in [6.45, 7) is 0.704. The minimum Gasteiger partial charge on any atom is -0.484 e. The molecule has 1 heterocycles. The van der Waals surface area contributed by atoms with Crippen LogP contribution in [0.15, 0.2) is 59.8 Å².